The summed E-state index contributed by atoms with van der Waals surface area (Å²) in [5.41, 5.74) is 3.19. The van der Waals surface area contributed by atoms with E-state index in [4.69, 9.17) is 11.6 Å². The van der Waals surface area contributed by atoms with Gasteiger partial charge in [-0.25, -0.2) is 4.98 Å². The predicted octanol–water partition coefficient (Wildman–Crippen LogP) is 3.10. The molecular weight excluding hydrogens is 512 g/mol. The fourth-order valence-electron chi connectivity index (χ4n) is 4.90. The van der Waals surface area contributed by atoms with Crippen LogP contribution in [0.5, 0.6) is 0 Å². The van der Waals surface area contributed by atoms with Crippen molar-refractivity contribution in [1.82, 2.24) is 40.3 Å². The molecule has 1 fully saturated rings. The standard InChI is InChI=1S/C25H33ClN8O2S/c1-17-12-22(26)30-19(3)24(17)25(36)27-8-4-18(2)32-9-5-21(6-10-32)33(13-20-7-11-37-15-20)23(35)14-34-29-16-28-31-34/h7,11-12,15-16,18,21H,4-6,8-10,13-14H2,1-3H3,(H,27,36). The van der Waals surface area contributed by atoms with Crippen LogP contribution in [0, 0.1) is 13.8 Å². The lowest BCUT2D eigenvalue weighted by atomic mass is 10.00. The number of pyridine rings is 1. The minimum absolute atomic E-state index is 0.000636. The van der Waals surface area contributed by atoms with Gasteiger partial charge in [0, 0.05) is 38.3 Å². The number of thiophene rings is 1. The van der Waals surface area contributed by atoms with Crippen LogP contribution in [0.25, 0.3) is 0 Å². The monoisotopic (exact) mass is 544 g/mol. The van der Waals surface area contributed by atoms with Gasteiger partial charge in [0.2, 0.25) is 5.91 Å². The van der Waals surface area contributed by atoms with Crippen molar-refractivity contribution in [2.75, 3.05) is 19.6 Å². The van der Waals surface area contributed by atoms with Gasteiger partial charge >= 0.3 is 0 Å². The van der Waals surface area contributed by atoms with E-state index < -0.39 is 0 Å². The molecule has 198 valence electrons. The molecule has 4 heterocycles. The fourth-order valence-corrected chi connectivity index (χ4v) is 5.86. The molecule has 1 atom stereocenters. The maximum atomic E-state index is 13.2. The Kier molecular flexibility index (Phi) is 9.23. The van der Waals surface area contributed by atoms with Crippen LogP contribution in [0.2, 0.25) is 5.15 Å². The second kappa shape index (κ2) is 12.6. The molecule has 1 saturated heterocycles. The Morgan fingerprint density at radius 2 is 2.08 bits per heavy atom. The van der Waals surface area contributed by atoms with Crippen molar-refractivity contribution in [3.8, 4) is 0 Å². The maximum absolute atomic E-state index is 13.2. The second-order valence-corrected chi connectivity index (χ2v) is 10.7. The summed E-state index contributed by atoms with van der Waals surface area (Å²) in [5, 5.41) is 19.1. The molecule has 1 unspecified atom stereocenters. The van der Waals surface area contributed by atoms with Gasteiger partial charge in [0.25, 0.3) is 5.91 Å². The molecule has 4 rings (SSSR count). The van der Waals surface area contributed by atoms with Gasteiger partial charge in [-0.3, -0.25) is 9.59 Å². The first kappa shape index (κ1) is 27.2. The van der Waals surface area contributed by atoms with Gasteiger partial charge in [0.05, 0.1) is 11.3 Å². The number of rotatable bonds is 10. The average Bonchev–Trinajstić information content (AvgIpc) is 3.56. The first-order chi connectivity index (χ1) is 17.8. The molecule has 3 aromatic rings. The third-order valence-electron chi connectivity index (χ3n) is 6.93. The number of nitrogens with zero attached hydrogens (tertiary/aromatic N) is 7. The molecule has 0 aromatic carbocycles. The van der Waals surface area contributed by atoms with Crippen LogP contribution in [-0.4, -0.2) is 78.5 Å². The van der Waals surface area contributed by atoms with Crippen molar-refractivity contribution in [3.63, 3.8) is 0 Å². The number of carbonyl (C=O) groups excluding carboxylic acids is 2. The number of piperidine rings is 1. The van der Waals surface area contributed by atoms with Crippen molar-refractivity contribution < 1.29 is 9.59 Å². The van der Waals surface area contributed by atoms with Gasteiger partial charge in [0.1, 0.15) is 11.7 Å². The molecule has 1 aliphatic heterocycles. The Bertz CT molecular complexity index is 1160. The van der Waals surface area contributed by atoms with Crippen molar-refractivity contribution in [2.24, 2.45) is 0 Å². The summed E-state index contributed by atoms with van der Waals surface area (Å²) in [4.78, 5) is 35.8. The highest BCUT2D eigenvalue weighted by molar-refractivity contribution is 7.07. The van der Waals surface area contributed by atoms with Crippen LogP contribution < -0.4 is 5.32 Å². The van der Waals surface area contributed by atoms with E-state index in [1.807, 2.05) is 17.2 Å². The molecule has 10 nitrogen and oxygen atoms in total. The molecule has 0 saturated carbocycles. The quantitative estimate of drug-likeness (QED) is 0.390. The summed E-state index contributed by atoms with van der Waals surface area (Å²) >= 11 is 7.63. The number of amides is 2. The second-order valence-electron chi connectivity index (χ2n) is 9.50. The minimum Gasteiger partial charge on any atom is -0.352 e. The van der Waals surface area contributed by atoms with Crippen LogP contribution in [0.1, 0.15) is 53.4 Å². The zero-order valence-electron chi connectivity index (χ0n) is 21.4. The molecule has 2 amide bonds. The van der Waals surface area contributed by atoms with E-state index in [9.17, 15) is 9.59 Å². The number of likely N-dealkylation sites (tertiary alicyclic amines) is 1. The highest BCUT2D eigenvalue weighted by Crippen LogP contribution is 2.23. The van der Waals surface area contributed by atoms with Gasteiger partial charge in [-0.1, -0.05) is 11.6 Å². The third-order valence-corrected chi connectivity index (χ3v) is 7.85. The molecule has 1 N–H and O–H groups in total. The summed E-state index contributed by atoms with van der Waals surface area (Å²) < 4.78 is 0. The van der Waals surface area contributed by atoms with Crippen molar-refractivity contribution in [2.45, 2.75) is 65.2 Å². The van der Waals surface area contributed by atoms with Crippen LogP contribution >= 0.6 is 22.9 Å². The number of aryl methyl sites for hydroxylation is 2. The molecular formula is C25H33ClN8O2S. The molecule has 0 aliphatic carbocycles. The van der Waals surface area contributed by atoms with E-state index in [-0.39, 0.29) is 24.4 Å². The first-order valence-electron chi connectivity index (χ1n) is 12.5. The zero-order valence-corrected chi connectivity index (χ0v) is 23.0. The van der Waals surface area contributed by atoms with Crippen LogP contribution in [0.3, 0.4) is 0 Å². The maximum Gasteiger partial charge on any atom is 0.253 e. The molecule has 0 radical (unpaired) electrons. The molecule has 37 heavy (non-hydrogen) atoms. The van der Waals surface area contributed by atoms with Crippen molar-refractivity contribution in [1.29, 1.82) is 0 Å². The summed E-state index contributed by atoms with van der Waals surface area (Å²) in [6.07, 6.45) is 3.97. The van der Waals surface area contributed by atoms with E-state index in [1.165, 1.54) is 11.1 Å². The number of halogens is 1. The van der Waals surface area contributed by atoms with Crippen molar-refractivity contribution >= 4 is 34.8 Å². The van der Waals surface area contributed by atoms with E-state index >= 15 is 0 Å². The summed E-state index contributed by atoms with van der Waals surface area (Å²) in [5.74, 6) is -0.116. The highest BCUT2D eigenvalue weighted by Gasteiger charge is 2.30. The minimum atomic E-state index is -0.116. The number of hydrogen-bond acceptors (Lipinski definition) is 8. The SMILES string of the molecule is Cc1cc(Cl)nc(C)c1C(=O)NCCC(C)N1CCC(N(Cc2ccsc2)C(=O)Cn2ncnn2)CC1. The van der Waals surface area contributed by atoms with Gasteiger partial charge in [-0.2, -0.15) is 16.1 Å². The van der Waals surface area contributed by atoms with E-state index in [1.54, 1.807) is 24.3 Å². The lowest BCUT2D eigenvalue weighted by Crippen LogP contribution is -2.50. The Hall–Kier alpha value is -2.89. The molecule has 0 bridgehead atoms. The number of aromatic nitrogens is 5. The zero-order chi connectivity index (χ0) is 26.4. The van der Waals surface area contributed by atoms with Gasteiger partial charge in [0.15, 0.2) is 6.33 Å². The number of nitrogens with one attached hydrogen (secondary N) is 1. The van der Waals surface area contributed by atoms with Gasteiger partial charge in [-0.05, 0) is 79.3 Å². The predicted molar refractivity (Wildman–Crippen MR) is 142 cm³/mol. The Morgan fingerprint density at radius 3 is 2.73 bits per heavy atom. The van der Waals surface area contributed by atoms with E-state index in [0.29, 0.717) is 35.5 Å². The van der Waals surface area contributed by atoms with Crippen LogP contribution in [0.4, 0.5) is 0 Å². The number of hydrogen-bond donors (Lipinski definition) is 1. The smallest absolute Gasteiger partial charge is 0.253 e. The van der Waals surface area contributed by atoms with Crippen LogP contribution in [-0.2, 0) is 17.9 Å². The van der Waals surface area contributed by atoms with Gasteiger partial charge < -0.3 is 15.1 Å². The lowest BCUT2D eigenvalue weighted by molar-refractivity contribution is -0.136. The largest absolute Gasteiger partial charge is 0.352 e. The number of carbonyl (C=O) groups is 2. The van der Waals surface area contributed by atoms with Crippen LogP contribution in [0.15, 0.2) is 29.2 Å². The first-order valence-corrected chi connectivity index (χ1v) is 13.8. The summed E-state index contributed by atoms with van der Waals surface area (Å²) in [6.45, 7) is 8.91. The molecule has 12 heteroatoms. The normalized spacial score (nSPS) is 15.5. The Balaban J connectivity index is 1.28. The lowest BCUT2D eigenvalue weighted by Gasteiger charge is -2.40. The van der Waals surface area contributed by atoms with Crippen molar-refractivity contribution in [3.05, 3.63) is 56.8 Å². The van der Waals surface area contributed by atoms with E-state index in [2.05, 4.69) is 49.0 Å². The molecule has 0 spiro atoms. The highest BCUT2D eigenvalue weighted by atomic mass is 35.5. The molecule has 1 aliphatic rings. The van der Waals surface area contributed by atoms with E-state index in [0.717, 1.165) is 43.5 Å². The molecule has 3 aromatic heterocycles. The Labute approximate surface area is 226 Å². The fraction of sp³-hybridized carbons (Fsp3) is 0.520. The Morgan fingerprint density at radius 1 is 1.30 bits per heavy atom. The van der Waals surface area contributed by atoms with Gasteiger partial charge in [-0.15, -0.1) is 10.2 Å². The summed E-state index contributed by atoms with van der Waals surface area (Å²) in [6, 6.07) is 4.24. The third kappa shape index (κ3) is 7.12. The number of tetrazole rings is 1. The topological polar surface area (TPSA) is 109 Å². The average molecular weight is 545 g/mol. The summed E-state index contributed by atoms with van der Waals surface area (Å²) in [7, 11) is 0.